The number of H-pyrrole nitrogens is 1. The second-order valence-corrected chi connectivity index (χ2v) is 7.00. The molecule has 140 valence electrons. The lowest BCUT2D eigenvalue weighted by Gasteiger charge is -2.23. The van der Waals surface area contributed by atoms with E-state index in [0.717, 1.165) is 11.6 Å². The predicted molar refractivity (Wildman–Crippen MR) is 95.5 cm³/mol. The highest BCUT2D eigenvalue weighted by Gasteiger charge is 2.41. The number of imidazole rings is 1. The van der Waals surface area contributed by atoms with Gasteiger partial charge in [0.15, 0.2) is 11.6 Å². The lowest BCUT2D eigenvalue weighted by molar-refractivity contribution is -0.125. The number of aromatic nitrogens is 2. The van der Waals surface area contributed by atoms with Crippen LogP contribution < -0.4 is 5.32 Å². The molecule has 0 aliphatic heterocycles. The third-order valence-electron chi connectivity index (χ3n) is 5.20. The SMILES string of the molecule is O=C(NCc1nc2c(F)c(F)ccc2[nH]1)C1CCC(O)(c2ccccc2)C1. The maximum Gasteiger partial charge on any atom is 0.223 e. The summed E-state index contributed by atoms with van der Waals surface area (Å²) < 4.78 is 27.0. The highest BCUT2D eigenvalue weighted by molar-refractivity contribution is 5.79. The Morgan fingerprint density at radius 1 is 1.26 bits per heavy atom. The van der Waals surface area contributed by atoms with Crippen molar-refractivity contribution in [3.63, 3.8) is 0 Å². The normalized spacial score (nSPS) is 22.3. The molecule has 2 unspecified atom stereocenters. The number of carbonyl (C=O) groups is 1. The number of aromatic amines is 1. The summed E-state index contributed by atoms with van der Waals surface area (Å²) in [5.41, 5.74) is 0.106. The van der Waals surface area contributed by atoms with Gasteiger partial charge in [-0.1, -0.05) is 30.3 Å². The van der Waals surface area contributed by atoms with Gasteiger partial charge in [0.25, 0.3) is 0 Å². The van der Waals surface area contributed by atoms with Crippen molar-refractivity contribution in [3.8, 4) is 0 Å². The maximum atomic E-state index is 13.7. The fourth-order valence-electron chi connectivity index (χ4n) is 3.73. The quantitative estimate of drug-likeness (QED) is 0.659. The molecule has 1 aliphatic rings. The molecular weight excluding hydrogens is 352 g/mol. The lowest BCUT2D eigenvalue weighted by atomic mass is 9.91. The average Bonchev–Trinajstić information content (AvgIpc) is 3.29. The topological polar surface area (TPSA) is 78.0 Å². The van der Waals surface area contributed by atoms with Crippen LogP contribution in [0.4, 0.5) is 8.78 Å². The highest BCUT2D eigenvalue weighted by atomic mass is 19.2. The molecule has 1 fully saturated rings. The second-order valence-electron chi connectivity index (χ2n) is 7.00. The molecule has 5 nitrogen and oxygen atoms in total. The van der Waals surface area contributed by atoms with E-state index in [4.69, 9.17) is 0 Å². The van der Waals surface area contributed by atoms with Gasteiger partial charge in [0.1, 0.15) is 11.3 Å². The molecule has 2 atom stereocenters. The summed E-state index contributed by atoms with van der Waals surface area (Å²) >= 11 is 0. The van der Waals surface area contributed by atoms with E-state index in [1.807, 2.05) is 30.3 Å². The summed E-state index contributed by atoms with van der Waals surface area (Å²) in [7, 11) is 0. The number of amides is 1. The Bertz CT molecular complexity index is 990. The summed E-state index contributed by atoms with van der Waals surface area (Å²) in [5.74, 6) is -2.12. The van der Waals surface area contributed by atoms with E-state index in [-0.39, 0.29) is 23.9 Å². The van der Waals surface area contributed by atoms with Crippen molar-refractivity contribution < 1.29 is 18.7 Å². The van der Waals surface area contributed by atoms with Crippen molar-refractivity contribution in [2.75, 3.05) is 0 Å². The Balaban J connectivity index is 1.41. The monoisotopic (exact) mass is 371 g/mol. The standard InChI is InChI=1S/C20H19F2N3O2/c21-14-6-7-15-18(17(14)22)25-16(24-15)11-23-19(26)12-8-9-20(27,10-12)13-4-2-1-3-5-13/h1-7,12,27H,8-11H2,(H,23,26)(H,24,25). The molecule has 0 bridgehead atoms. The smallest absolute Gasteiger partial charge is 0.223 e. The molecule has 4 rings (SSSR count). The molecule has 3 aromatic rings. The Morgan fingerprint density at radius 2 is 2.04 bits per heavy atom. The zero-order valence-corrected chi connectivity index (χ0v) is 14.5. The highest BCUT2D eigenvalue weighted by Crippen LogP contribution is 2.42. The number of halogens is 2. The van der Waals surface area contributed by atoms with Crippen LogP contribution >= 0.6 is 0 Å². The molecule has 27 heavy (non-hydrogen) atoms. The first-order valence-corrected chi connectivity index (χ1v) is 8.84. The van der Waals surface area contributed by atoms with E-state index in [1.165, 1.54) is 6.07 Å². The molecule has 1 saturated carbocycles. The molecule has 0 radical (unpaired) electrons. The van der Waals surface area contributed by atoms with Crippen LogP contribution in [-0.4, -0.2) is 21.0 Å². The van der Waals surface area contributed by atoms with Gasteiger partial charge in [0, 0.05) is 5.92 Å². The van der Waals surface area contributed by atoms with Crippen molar-refractivity contribution in [2.45, 2.75) is 31.4 Å². The fourth-order valence-corrected chi connectivity index (χ4v) is 3.73. The van der Waals surface area contributed by atoms with Gasteiger partial charge in [-0.05, 0) is 37.0 Å². The number of carbonyl (C=O) groups excluding carboxylic acids is 1. The molecule has 0 saturated heterocycles. The number of nitrogens with zero attached hydrogens (tertiary/aromatic N) is 1. The van der Waals surface area contributed by atoms with Gasteiger partial charge in [0.2, 0.25) is 5.91 Å². The predicted octanol–water partition coefficient (Wildman–Crippen LogP) is 3.15. The number of aliphatic hydroxyl groups is 1. The zero-order chi connectivity index (χ0) is 19.0. The molecule has 1 aromatic heterocycles. The van der Waals surface area contributed by atoms with Crippen LogP contribution in [0, 0.1) is 17.6 Å². The molecule has 3 N–H and O–H groups in total. The van der Waals surface area contributed by atoms with Crippen molar-refractivity contribution in [1.29, 1.82) is 0 Å². The largest absolute Gasteiger partial charge is 0.385 e. The van der Waals surface area contributed by atoms with Crippen molar-refractivity contribution >= 4 is 16.9 Å². The number of nitrogens with one attached hydrogen (secondary N) is 2. The second kappa shape index (κ2) is 6.74. The van der Waals surface area contributed by atoms with Gasteiger partial charge in [-0.3, -0.25) is 4.79 Å². The van der Waals surface area contributed by atoms with Gasteiger partial charge < -0.3 is 15.4 Å². The Labute approximate surface area is 154 Å². The Hall–Kier alpha value is -2.80. The van der Waals surface area contributed by atoms with Gasteiger partial charge in [-0.2, -0.15) is 0 Å². The summed E-state index contributed by atoms with van der Waals surface area (Å²) in [6, 6.07) is 11.8. The molecular formula is C20H19F2N3O2. The number of hydrogen-bond acceptors (Lipinski definition) is 3. The van der Waals surface area contributed by atoms with Gasteiger partial charge >= 0.3 is 0 Å². The number of hydrogen-bond donors (Lipinski definition) is 3. The van der Waals surface area contributed by atoms with Crippen molar-refractivity contribution in [2.24, 2.45) is 5.92 Å². The number of benzene rings is 2. The molecule has 7 heteroatoms. The minimum Gasteiger partial charge on any atom is -0.385 e. The van der Waals surface area contributed by atoms with Crippen LogP contribution in [0.25, 0.3) is 11.0 Å². The summed E-state index contributed by atoms with van der Waals surface area (Å²) in [6.45, 7) is 0.0782. The van der Waals surface area contributed by atoms with Crippen molar-refractivity contribution in [1.82, 2.24) is 15.3 Å². The Morgan fingerprint density at radius 3 is 2.81 bits per heavy atom. The summed E-state index contributed by atoms with van der Waals surface area (Å²) in [5, 5.41) is 13.6. The van der Waals surface area contributed by atoms with Crippen LogP contribution in [0.3, 0.4) is 0 Å². The molecule has 2 aromatic carbocycles. The molecule has 0 spiro atoms. The van der Waals surface area contributed by atoms with Crippen LogP contribution in [0.5, 0.6) is 0 Å². The fraction of sp³-hybridized carbons (Fsp3) is 0.300. The van der Waals surface area contributed by atoms with E-state index >= 15 is 0 Å². The lowest BCUT2D eigenvalue weighted by Crippen LogP contribution is -2.31. The van der Waals surface area contributed by atoms with E-state index in [9.17, 15) is 18.7 Å². The minimum absolute atomic E-state index is 0.0782. The van der Waals surface area contributed by atoms with Gasteiger partial charge in [0.05, 0.1) is 17.7 Å². The minimum atomic E-state index is -1.01. The van der Waals surface area contributed by atoms with Crippen LogP contribution in [0.2, 0.25) is 0 Å². The first-order valence-electron chi connectivity index (χ1n) is 8.84. The molecule has 1 heterocycles. The zero-order valence-electron chi connectivity index (χ0n) is 14.5. The van der Waals surface area contributed by atoms with Gasteiger partial charge in [-0.15, -0.1) is 0 Å². The van der Waals surface area contributed by atoms with Crippen LogP contribution in [0.15, 0.2) is 42.5 Å². The third-order valence-corrected chi connectivity index (χ3v) is 5.20. The Kier molecular flexibility index (Phi) is 4.39. The van der Waals surface area contributed by atoms with E-state index < -0.39 is 17.2 Å². The molecule has 1 amide bonds. The summed E-state index contributed by atoms with van der Waals surface area (Å²) in [6.07, 6.45) is 1.45. The summed E-state index contributed by atoms with van der Waals surface area (Å²) in [4.78, 5) is 19.4. The van der Waals surface area contributed by atoms with E-state index in [2.05, 4.69) is 15.3 Å². The van der Waals surface area contributed by atoms with E-state index in [1.54, 1.807) is 0 Å². The van der Waals surface area contributed by atoms with Gasteiger partial charge in [-0.25, -0.2) is 13.8 Å². The first kappa shape index (κ1) is 17.6. The first-order chi connectivity index (χ1) is 13.0. The number of rotatable bonds is 4. The third kappa shape index (κ3) is 3.30. The van der Waals surface area contributed by atoms with Crippen LogP contribution in [0.1, 0.15) is 30.7 Å². The van der Waals surface area contributed by atoms with Crippen molar-refractivity contribution in [3.05, 3.63) is 65.5 Å². The molecule has 1 aliphatic carbocycles. The van der Waals surface area contributed by atoms with Crippen LogP contribution in [-0.2, 0) is 16.9 Å². The average molecular weight is 371 g/mol. The maximum absolute atomic E-state index is 13.7. The van der Waals surface area contributed by atoms with E-state index in [0.29, 0.717) is 30.6 Å². The number of fused-ring (bicyclic) bond motifs is 1.